The molecule has 2 aromatic rings. The fourth-order valence-corrected chi connectivity index (χ4v) is 1.87. The number of carbonyl (C=O) groups is 1. The Bertz CT molecular complexity index is 590. The number of benzene rings is 2. The van der Waals surface area contributed by atoms with E-state index in [0.717, 1.165) is 0 Å². The van der Waals surface area contributed by atoms with Gasteiger partial charge in [-0.1, -0.05) is 30.3 Å². The summed E-state index contributed by atoms with van der Waals surface area (Å²) in [7, 11) is 0. The lowest BCUT2D eigenvalue weighted by Gasteiger charge is -2.22. The normalized spacial score (nSPS) is 10.2. The van der Waals surface area contributed by atoms with Crippen molar-refractivity contribution >= 4 is 11.8 Å². The minimum Gasteiger partial charge on any atom is -0.410 e. The molecule has 2 N–H and O–H groups in total. The third kappa shape index (κ3) is 4.03. The van der Waals surface area contributed by atoms with Crippen molar-refractivity contribution in [2.45, 2.75) is 6.42 Å². The predicted octanol–water partition coefficient (Wildman–Crippen LogP) is 3.18. The number of nitrogens with two attached hydrogens (primary N) is 1. The number of ether oxygens (including phenoxy) is 1. The molecule has 110 valence electrons. The van der Waals surface area contributed by atoms with E-state index in [4.69, 9.17) is 10.5 Å². The van der Waals surface area contributed by atoms with Crippen LogP contribution in [0.5, 0.6) is 5.75 Å². The van der Waals surface area contributed by atoms with Crippen LogP contribution in [0.2, 0.25) is 0 Å². The van der Waals surface area contributed by atoms with Gasteiger partial charge < -0.3 is 10.5 Å². The van der Waals surface area contributed by atoms with Gasteiger partial charge in [-0.05, 0) is 37.2 Å². The highest BCUT2D eigenvalue weighted by Crippen LogP contribution is 2.21. The number of amides is 1. The predicted molar refractivity (Wildman–Crippen MR) is 79.9 cm³/mol. The van der Waals surface area contributed by atoms with Gasteiger partial charge in [0, 0.05) is 6.54 Å². The summed E-state index contributed by atoms with van der Waals surface area (Å²) < 4.78 is 19.1. The van der Waals surface area contributed by atoms with Crippen molar-refractivity contribution in [1.29, 1.82) is 0 Å². The van der Waals surface area contributed by atoms with E-state index in [-0.39, 0.29) is 5.69 Å². The van der Waals surface area contributed by atoms with E-state index < -0.39 is 11.9 Å². The van der Waals surface area contributed by atoms with Crippen LogP contribution in [-0.4, -0.2) is 19.2 Å². The van der Waals surface area contributed by atoms with E-state index in [0.29, 0.717) is 25.3 Å². The van der Waals surface area contributed by atoms with Gasteiger partial charge in [0.15, 0.2) is 0 Å². The second-order valence-electron chi connectivity index (χ2n) is 4.43. The SMILES string of the molecule is NCCCN(C(=O)Oc1ccccc1)c1ccccc1F. The minimum absolute atomic E-state index is 0.187. The number of hydrogen-bond acceptors (Lipinski definition) is 3. The molecule has 0 saturated carbocycles. The molecule has 0 spiro atoms. The number of anilines is 1. The van der Waals surface area contributed by atoms with Gasteiger partial charge in [0.2, 0.25) is 0 Å². The molecule has 0 atom stereocenters. The van der Waals surface area contributed by atoms with Crippen LogP contribution < -0.4 is 15.4 Å². The molecule has 2 aromatic carbocycles. The standard InChI is InChI=1S/C16H17FN2O2/c17-14-9-4-5-10-15(14)19(12-6-11-18)16(20)21-13-7-2-1-3-8-13/h1-5,7-10H,6,11-12,18H2. The zero-order valence-corrected chi connectivity index (χ0v) is 11.5. The number of para-hydroxylation sites is 2. The van der Waals surface area contributed by atoms with Gasteiger partial charge >= 0.3 is 6.09 Å². The van der Waals surface area contributed by atoms with Gasteiger partial charge in [-0.3, -0.25) is 4.90 Å². The number of nitrogens with zero attached hydrogens (tertiary/aromatic N) is 1. The van der Waals surface area contributed by atoms with E-state index in [1.165, 1.54) is 17.0 Å². The van der Waals surface area contributed by atoms with Crippen molar-refractivity contribution < 1.29 is 13.9 Å². The number of hydrogen-bond donors (Lipinski definition) is 1. The molecular weight excluding hydrogens is 271 g/mol. The maximum atomic E-state index is 13.9. The largest absolute Gasteiger partial charge is 0.419 e. The maximum absolute atomic E-state index is 13.9. The van der Waals surface area contributed by atoms with Gasteiger partial charge in [0.25, 0.3) is 0 Å². The topological polar surface area (TPSA) is 55.6 Å². The van der Waals surface area contributed by atoms with E-state index in [2.05, 4.69) is 0 Å². The van der Waals surface area contributed by atoms with Crippen LogP contribution in [0.3, 0.4) is 0 Å². The summed E-state index contributed by atoms with van der Waals surface area (Å²) in [5.74, 6) is -0.0591. The second kappa shape index (κ2) is 7.40. The van der Waals surface area contributed by atoms with E-state index in [1.54, 1.807) is 36.4 Å². The Hall–Kier alpha value is -2.40. The van der Waals surface area contributed by atoms with Crippen molar-refractivity contribution in [1.82, 2.24) is 0 Å². The van der Waals surface area contributed by atoms with Crippen molar-refractivity contribution in [3.8, 4) is 5.75 Å². The lowest BCUT2D eigenvalue weighted by atomic mass is 10.2. The monoisotopic (exact) mass is 288 g/mol. The summed E-state index contributed by atoms with van der Waals surface area (Å²) in [4.78, 5) is 13.5. The number of halogens is 1. The van der Waals surface area contributed by atoms with Crippen LogP contribution in [0.15, 0.2) is 54.6 Å². The van der Waals surface area contributed by atoms with Crippen LogP contribution in [0.25, 0.3) is 0 Å². The van der Waals surface area contributed by atoms with Gasteiger partial charge in [-0.2, -0.15) is 0 Å². The first-order valence-electron chi connectivity index (χ1n) is 6.71. The minimum atomic E-state index is -0.625. The molecule has 0 fully saturated rings. The first-order valence-corrected chi connectivity index (χ1v) is 6.71. The quantitative estimate of drug-likeness (QED) is 0.919. The fourth-order valence-electron chi connectivity index (χ4n) is 1.87. The third-order valence-electron chi connectivity index (χ3n) is 2.90. The zero-order valence-electron chi connectivity index (χ0n) is 11.5. The highest BCUT2D eigenvalue weighted by Gasteiger charge is 2.20. The summed E-state index contributed by atoms with van der Waals surface area (Å²) in [5, 5.41) is 0. The lowest BCUT2D eigenvalue weighted by Crippen LogP contribution is -2.36. The molecule has 0 radical (unpaired) electrons. The van der Waals surface area contributed by atoms with Crippen molar-refractivity contribution in [3.05, 3.63) is 60.4 Å². The Morgan fingerprint density at radius 1 is 1.10 bits per heavy atom. The maximum Gasteiger partial charge on any atom is 0.419 e. The first kappa shape index (κ1) is 15.0. The van der Waals surface area contributed by atoms with Crippen LogP contribution in [0.4, 0.5) is 14.9 Å². The lowest BCUT2D eigenvalue weighted by molar-refractivity contribution is 0.207. The van der Waals surface area contributed by atoms with Crippen molar-refractivity contribution in [3.63, 3.8) is 0 Å². The molecule has 0 heterocycles. The van der Waals surface area contributed by atoms with Crippen molar-refractivity contribution in [2.24, 2.45) is 5.73 Å². The molecule has 0 aliphatic carbocycles. The molecule has 0 saturated heterocycles. The molecule has 2 rings (SSSR count). The summed E-state index contributed by atoms with van der Waals surface area (Å²) >= 11 is 0. The van der Waals surface area contributed by atoms with E-state index >= 15 is 0 Å². The van der Waals surface area contributed by atoms with Gasteiger partial charge in [-0.25, -0.2) is 9.18 Å². The van der Waals surface area contributed by atoms with Gasteiger partial charge in [0.1, 0.15) is 11.6 Å². The van der Waals surface area contributed by atoms with Gasteiger partial charge in [-0.15, -0.1) is 0 Å². The van der Waals surface area contributed by atoms with Crippen LogP contribution in [0, 0.1) is 5.82 Å². The highest BCUT2D eigenvalue weighted by molar-refractivity contribution is 5.89. The molecule has 1 amide bonds. The summed E-state index contributed by atoms with van der Waals surface area (Å²) in [6.45, 7) is 0.701. The molecule has 0 aromatic heterocycles. The molecule has 0 bridgehead atoms. The summed E-state index contributed by atoms with van der Waals surface area (Å²) in [5.41, 5.74) is 5.66. The number of rotatable bonds is 5. The molecule has 0 unspecified atom stereocenters. The Balaban J connectivity index is 2.19. The Morgan fingerprint density at radius 3 is 2.43 bits per heavy atom. The van der Waals surface area contributed by atoms with Crippen molar-refractivity contribution in [2.75, 3.05) is 18.0 Å². The summed E-state index contributed by atoms with van der Waals surface area (Å²) in [6.07, 6.45) is -0.0714. The smallest absolute Gasteiger partial charge is 0.410 e. The van der Waals surface area contributed by atoms with E-state index in [9.17, 15) is 9.18 Å². The number of carbonyl (C=O) groups excluding carboxylic acids is 1. The molecule has 0 aliphatic heterocycles. The molecular formula is C16H17FN2O2. The highest BCUT2D eigenvalue weighted by atomic mass is 19.1. The van der Waals surface area contributed by atoms with Crippen LogP contribution >= 0.6 is 0 Å². The zero-order chi connectivity index (χ0) is 15.1. The third-order valence-corrected chi connectivity index (χ3v) is 2.90. The molecule has 4 nitrogen and oxygen atoms in total. The van der Waals surface area contributed by atoms with Crippen LogP contribution in [-0.2, 0) is 0 Å². The Kier molecular flexibility index (Phi) is 5.29. The summed E-state index contributed by atoms with van der Waals surface area (Å²) in [6, 6.07) is 14.8. The van der Waals surface area contributed by atoms with Gasteiger partial charge in [0.05, 0.1) is 5.69 Å². The molecule has 0 aliphatic rings. The fraction of sp³-hybridized carbons (Fsp3) is 0.188. The second-order valence-corrected chi connectivity index (χ2v) is 4.43. The Morgan fingerprint density at radius 2 is 1.76 bits per heavy atom. The molecule has 21 heavy (non-hydrogen) atoms. The van der Waals surface area contributed by atoms with Crippen LogP contribution in [0.1, 0.15) is 6.42 Å². The van der Waals surface area contributed by atoms with E-state index in [1.807, 2.05) is 6.07 Å². The first-order chi connectivity index (χ1) is 10.2. The Labute approximate surface area is 122 Å². The average Bonchev–Trinajstić information content (AvgIpc) is 2.50. The molecule has 5 heteroatoms. The average molecular weight is 288 g/mol.